The molecule has 1 rings (SSSR count). The predicted octanol–water partition coefficient (Wildman–Crippen LogP) is -0.227. The lowest BCUT2D eigenvalue weighted by Crippen LogP contribution is -2.53. The van der Waals surface area contributed by atoms with E-state index in [0.717, 1.165) is 0 Å². The second kappa shape index (κ2) is 5.29. The summed E-state index contributed by atoms with van der Waals surface area (Å²) in [6, 6.07) is 0.342. The minimum absolute atomic E-state index is 0.0638. The van der Waals surface area contributed by atoms with Gasteiger partial charge in [0.25, 0.3) is 0 Å². The lowest BCUT2D eigenvalue weighted by molar-refractivity contribution is -0.148. The number of carbonyl (C=O) groups excluding carboxylic acids is 1. The maximum atomic E-state index is 11.0. The second-order valence-electron chi connectivity index (χ2n) is 3.46. The number of morpholine rings is 1. The molecule has 0 bridgehead atoms. The summed E-state index contributed by atoms with van der Waals surface area (Å²) in [5.41, 5.74) is 3.08. The molecule has 2 atom stereocenters. The SMILES string of the molecule is CNN1CC(CC(=O)OC)OCC1C. The van der Waals surface area contributed by atoms with Gasteiger partial charge >= 0.3 is 5.97 Å². The van der Waals surface area contributed by atoms with Gasteiger partial charge in [0.2, 0.25) is 0 Å². The zero-order valence-corrected chi connectivity index (χ0v) is 8.95. The molecule has 0 aliphatic carbocycles. The van der Waals surface area contributed by atoms with Crippen LogP contribution in [0.25, 0.3) is 0 Å². The van der Waals surface area contributed by atoms with E-state index < -0.39 is 0 Å². The number of carbonyl (C=O) groups is 1. The van der Waals surface area contributed by atoms with Crippen molar-refractivity contribution < 1.29 is 14.3 Å². The Balaban J connectivity index is 2.38. The van der Waals surface area contributed by atoms with Gasteiger partial charge in [-0.25, -0.2) is 5.01 Å². The maximum Gasteiger partial charge on any atom is 0.308 e. The minimum Gasteiger partial charge on any atom is -0.469 e. The van der Waals surface area contributed by atoms with E-state index in [1.54, 1.807) is 0 Å². The molecule has 14 heavy (non-hydrogen) atoms. The number of hydrogen-bond acceptors (Lipinski definition) is 5. The Kier molecular flexibility index (Phi) is 4.31. The van der Waals surface area contributed by atoms with Crippen molar-refractivity contribution in [3.8, 4) is 0 Å². The normalized spacial score (nSPS) is 28.8. The van der Waals surface area contributed by atoms with Crippen molar-refractivity contribution in [1.82, 2.24) is 10.4 Å². The molecule has 0 aromatic heterocycles. The van der Waals surface area contributed by atoms with E-state index in [0.29, 0.717) is 25.6 Å². The molecule has 1 N–H and O–H groups in total. The van der Waals surface area contributed by atoms with Gasteiger partial charge in [-0.15, -0.1) is 0 Å². The summed E-state index contributed by atoms with van der Waals surface area (Å²) in [6.45, 7) is 3.43. The largest absolute Gasteiger partial charge is 0.469 e. The van der Waals surface area contributed by atoms with Crippen LogP contribution < -0.4 is 5.43 Å². The summed E-state index contributed by atoms with van der Waals surface area (Å²) in [6.07, 6.45) is 0.257. The molecule has 1 aliphatic rings. The smallest absolute Gasteiger partial charge is 0.308 e. The van der Waals surface area contributed by atoms with Crippen LogP contribution in [0, 0.1) is 0 Å². The third-order valence-electron chi connectivity index (χ3n) is 2.41. The Bertz CT molecular complexity index is 198. The first-order valence-electron chi connectivity index (χ1n) is 4.79. The zero-order chi connectivity index (χ0) is 10.6. The first-order valence-corrected chi connectivity index (χ1v) is 4.79. The predicted molar refractivity (Wildman–Crippen MR) is 51.6 cm³/mol. The Morgan fingerprint density at radius 2 is 2.43 bits per heavy atom. The van der Waals surface area contributed by atoms with Crippen LogP contribution in [0.3, 0.4) is 0 Å². The molecule has 1 saturated heterocycles. The van der Waals surface area contributed by atoms with Crippen molar-refractivity contribution in [2.45, 2.75) is 25.5 Å². The zero-order valence-electron chi connectivity index (χ0n) is 8.95. The topological polar surface area (TPSA) is 50.8 Å². The molecule has 0 spiro atoms. The quantitative estimate of drug-likeness (QED) is 0.641. The number of hydrazine groups is 1. The van der Waals surface area contributed by atoms with Crippen LogP contribution in [-0.4, -0.2) is 50.4 Å². The lowest BCUT2D eigenvalue weighted by Gasteiger charge is -2.36. The van der Waals surface area contributed by atoms with Gasteiger partial charge in [0, 0.05) is 12.6 Å². The fraction of sp³-hybridized carbons (Fsp3) is 0.889. The molecule has 0 aromatic carbocycles. The molecule has 5 heteroatoms. The standard InChI is InChI=1S/C9H18N2O3/c1-7-6-14-8(4-9(12)13-3)5-11(7)10-2/h7-8,10H,4-6H2,1-3H3. The van der Waals surface area contributed by atoms with Gasteiger partial charge in [-0.1, -0.05) is 0 Å². The summed E-state index contributed by atoms with van der Waals surface area (Å²) in [5, 5.41) is 2.07. The average molecular weight is 202 g/mol. The fourth-order valence-electron chi connectivity index (χ4n) is 1.52. The second-order valence-corrected chi connectivity index (χ2v) is 3.46. The number of rotatable bonds is 3. The molecule has 0 radical (unpaired) electrons. The number of esters is 1. The van der Waals surface area contributed by atoms with Gasteiger partial charge in [-0.3, -0.25) is 10.2 Å². The van der Waals surface area contributed by atoms with E-state index in [1.165, 1.54) is 7.11 Å². The van der Waals surface area contributed by atoms with Gasteiger partial charge in [0.1, 0.15) is 0 Å². The van der Waals surface area contributed by atoms with Gasteiger partial charge in [-0.2, -0.15) is 0 Å². The van der Waals surface area contributed by atoms with E-state index in [4.69, 9.17) is 4.74 Å². The third-order valence-corrected chi connectivity index (χ3v) is 2.41. The van der Waals surface area contributed by atoms with E-state index in [-0.39, 0.29) is 12.1 Å². The van der Waals surface area contributed by atoms with E-state index in [9.17, 15) is 4.79 Å². The van der Waals surface area contributed by atoms with Crippen molar-refractivity contribution in [2.24, 2.45) is 0 Å². The molecular weight excluding hydrogens is 184 g/mol. The van der Waals surface area contributed by atoms with Crippen LogP contribution in [0.1, 0.15) is 13.3 Å². The summed E-state index contributed by atoms with van der Waals surface area (Å²) in [7, 11) is 3.26. The van der Waals surface area contributed by atoms with Crippen molar-refractivity contribution >= 4 is 5.97 Å². The molecule has 1 fully saturated rings. The van der Waals surface area contributed by atoms with Crippen LogP contribution in [0.2, 0.25) is 0 Å². The van der Waals surface area contributed by atoms with Crippen LogP contribution in [-0.2, 0) is 14.3 Å². The summed E-state index contributed by atoms with van der Waals surface area (Å²) >= 11 is 0. The van der Waals surface area contributed by atoms with Crippen molar-refractivity contribution in [3.63, 3.8) is 0 Å². The number of nitrogens with one attached hydrogen (secondary N) is 1. The molecule has 0 saturated carbocycles. The molecule has 1 heterocycles. The first-order chi connectivity index (χ1) is 6.67. The van der Waals surface area contributed by atoms with Gasteiger partial charge in [0.15, 0.2) is 0 Å². The highest BCUT2D eigenvalue weighted by Crippen LogP contribution is 2.11. The van der Waals surface area contributed by atoms with Crippen LogP contribution >= 0.6 is 0 Å². The van der Waals surface area contributed by atoms with Gasteiger partial charge < -0.3 is 9.47 Å². The minimum atomic E-state index is -0.222. The first kappa shape index (κ1) is 11.4. The lowest BCUT2D eigenvalue weighted by atomic mass is 10.2. The van der Waals surface area contributed by atoms with Crippen molar-refractivity contribution in [2.75, 3.05) is 27.3 Å². The Morgan fingerprint density at radius 3 is 3.00 bits per heavy atom. The van der Waals surface area contributed by atoms with Crippen LogP contribution in [0.5, 0.6) is 0 Å². The number of ether oxygens (including phenoxy) is 2. The Labute approximate surface area is 84.3 Å². The molecule has 0 aromatic rings. The van der Waals surface area contributed by atoms with Gasteiger partial charge in [0.05, 0.1) is 26.2 Å². The van der Waals surface area contributed by atoms with Crippen LogP contribution in [0.4, 0.5) is 0 Å². The van der Waals surface area contributed by atoms with E-state index >= 15 is 0 Å². The molecule has 5 nitrogen and oxygen atoms in total. The summed E-state index contributed by atoms with van der Waals surface area (Å²) < 4.78 is 10.1. The fourth-order valence-corrected chi connectivity index (χ4v) is 1.52. The van der Waals surface area contributed by atoms with Crippen molar-refractivity contribution in [1.29, 1.82) is 0 Å². The highest BCUT2D eigenvalue weighted by molar-refractivity contribution is 5.69. The summed E-state index contributed by atoms with van der Waals surface area (Å²) in [4.78, 5) is 11.0. The monoisotopic (exact) mass is 202 g/mol. The Morgan fingerprint density at radius 1 is 1.71 bits per heavy atom. The molecule has 82 valence electrons. The number of nitrogens with zero attached hydrogens (tertiary/aromatic N) is 1. The summed E-state index contributed by atoms with van der Waals surface area (Å²) in [5.74, 6) is -0.222. The molecule has 2 unspecified atom stereocenters. The van der Waals surface area contributed by atoms with E-state index in [2.05, 4.69) is 22.1 Å². The van der Waals surface area contributed by atoms with Gasteiger partial charge in [-0.05, 0) is 14.0 Å². The highest BCUT2D eigenvalue weighted by Gasteiger charge is 2.26. The number of methoxy groups -OCH3 is 1. The molecule has 0 amide bonds. The third kappa shape index (κ3) is 2.94. The Hall–Kier alpha value is -0.650. The highest BCUT2D eigenvalue weighted by atomic mass is 16.5. The van der Waals surface area contributed by atoms with Crippen molar-refractivity contribution in [3.05, 3.63) is 0 Å². The number of hydrogen-bond donors (Lipinski definition) is 1. The molecule has 1 aliphatic heterocycles. The maximum absolute atomic E-state index is 11.0. The van der Waals surface area contributed by atoms with E-state index in [1.807, 2.05) is 7.05 Å². The average Bonchev–Trinajstić information content (AvgIpc) is 2.20. The van der Waals surface area contributed by atoms with Crippen LogP contribution in [0.15, 0.2) is 0 Å². The molecular formula is C9H18N2O3.